The molecule has 0 spiro atoms. The van der Waals surface area contributed by atoms with Crippen molar-refractivity contribution >= 4 is 23.5 Å². The number of carbonyl (C=O) groups is 1. The van der Waals surface area contributed by atoms with Crippen LogP contribution in [0.15, 0.2) is 35.7 Å². The van der Waals surface area contributed by atoms with Crippen molar-refractivity contribution in [2.24, 2.45) is 0 Å². The molecule has 0 saturated carbocycles. The zero-order chi connectivity index (χ0) is 14.5. The number of anilines is 1. The standard InChI is InChI=1S/C15H22N2OS/c1-6-9-16-14(18)17-13-8-7-12(10-11(13)2)19-15(3,4)5/h6-8,10H,1,9H2,2-5H3,(H2,16,17,18). The molecule has 2 amide bonds. The highest BCUT2D eigenvalue weighted by Gasteiger charge is 2.13. The van der Waals surface area contributed by atoms with E-state index in [0.717, 1.165) is 11.3 Å². The number of hydrogen-bond acceptors (Lipinski definition) is 2. The molecule has 0 aliphatic rings. The lowest BCUT2D eigenvalue weighted by atomic mass is 10.2. The van der Waals surface area contributed by atoms with Crippen LogP contribution in [0.25, 0.3) is 0 Å². The Morgan fingerprint density at radius 1 is 1.42 bits per heavy atom. The van der Waals surface area contributed by atoms with Crippen LogP contribution in [0.5, 0.6) is 0 Å². The Morgan fingerprint density at radius 2 is 2.11 bits per heavy atom. The minimum absolute atomic E-state index is 0.183. The molecule has 0 heterocycles. The molecule has 1 rings (SSSR count). The summed E-state index contributed by atoms with van der Waals surface area (Å²) in [6.45, 7) is 12.6. The first kappa shape index (κ1) is 15.6. The molecule has 0 atom stereocenters. The molecule has 0 saturated heterocycles. The molecule has 3 nitrogen and oxygen atoms in total. The van der Waals surface area contributed by atoms with Crippen molar-refractivity contribution in [3.05, 3.63) is 36.4 Å². The number of carbonyl (C=O) groups excluding carboxylic acids is 1. The van der Waals surface area contributed by atoms with Crippen LogP contribution in [0.3, 0.4) is 0 Å². The highest BCUT2D eigenvalue weighted by Crippen LogP contribution is 2.33. The average Bonchev–Trinajstić information content (AvgIpc) is 2.28. The van der Waals surface area contributed by atoms with Crippen LogP contribution in [0, 0.1) is 6.92 Å². The second-order valence-corrected chi connectivity index (χ2v) is 7.22. The zero-order valence-corrected chi connectivity index (χ0v) is 12.9. The fraction of sp³-hybridized carbons (Fsp3) is 0.400. The van der Waals surface area contributed by atoms with E-state index in [1.54, 1.807) is 6.08 Å². The molecule has 0 unspecified atom stereocenters. The summed E-state index contributed by atoms with van der Waals surface area (Å²) in [4.78, 5) is 12.8. The Labute approximate surface area is 119 Å². The fourth-order valence-electron chi connectivity index (χ4n) is 1.52. The summed E-state index contributed by atoms with van der Waals surface area (Å²) in [5.41, 5.74) is 1.89. The van der Waals surface area contributed by atoms with Crippen LogP contribution in [-0.2, 0) is 0 Å². The van der Waals surface area contributed by atoms with Crippen molar-refractivity contribution in [3.63, 3.8) is 0 Å². The van der Waals surface area contributed by atoms with Gasteiger partial charge in [-0.3, -0.25) is 0 Å². The second-order valence-electron chi connectivity index (χ2n) is 5.31. The first-order valence-corrected chi connectivity index (χ1v) is 7.09. The largest absolute Gasteiger partial charge is 0.334 e. The molecule has 104 valence electrons. The predicted molar refractivity (Wildman–Crippen MR) is 84.0 cm³/mol. The first-order valence-electron chi connectivity index (χ1n) is 6.27. The number of aryl methyl sites for hydroxylation is 1. The number of nitrogens with one attached hydrogen (secondary N) is 2. The van der Waals surface area contributed by atoms with Gasteiger partial charge < -0.3 is 10.6 Å². The number of amides is 2. The van der Waals surface area contributed by atoms with Gasteiger partial charge in [0.15, 0.2) is 0 Å². The highest BCUT2D eigenvalue weighted by molar-refractivity contribution is 8.00. The summed E-state index contributed by atoms with van der Waals surface area (Å²) in [7, 11) is 0. The third-order valence-corrected chi connectivity index (χ3v) is 3.38. The number of hydrogen-bond donors (Lipinski definition) is 2. The van der Waals surface area contributed by atoms with Gasteiger partial charge in [-0.2, -0.15) is 0 Å². The van der Waals surface area contributed by atoms with Crippen molar-refractivity contribution in [2.45, 2.75) is 37.3 Å². The van der Waals surface area contributed by atoms with Gasteiger partial charge in [0.25, 0.3) is 0 Å². The van der Waals surface area contributed by atoms with Gasteiger partial charge in [0.1, 0.15) is 0 Å². The van der Waals surface area contributed by atoms with E-state index < -0.39 is 0 Å². The molecule has 1 aromatic carbocycles. The highest BCUT2D eigenvalue weighted by atomic mass is 32.2. The molecule has 0 aliphatic carbocycles. The second kappa shape index (κ2) is 6.66. The quantitative estimate of drug-likeness (QED) is 0.640. The van der Waals surface area contributed by atoms with Crippen LogP contribution in [0.1, 0.15) is 26.3 Å². The summed E-state index contributed by atoms with van der Waals surface area (Å²) >= 11 is 1.81. The third kappa shape index (κ3) is 5.83. The van der Waals surface area contributed by atoms with Crippen molar-refractivity contribution in [1.82, 2.24) is 5.32 Å². The van der Waals surface area contributed by atoms with E-state index in [0.29, 0.717) is 6.54 Å². The van der Waals surface area contributed by atoms with Crippen LogP contribution in [0.2, 0.25) is 0 Å². The maximum atomic E-state index is 11.6. The molecule has 0 aromatic heterocycles. The summed E-state index contributed by atoms with van der Waals surface area (Å²) < 4.78 is 0.183. The van der Waals surface area contributed by atoms with Gasteiger partial charge in [0.05, 0.1) is 0 Å². The molecule has 0 fully saturated rings. The zero-order valence-electron chi connectivity index (χ0n) is 12.0. The van der Waals surface area contributed by atoms with E-state index in [-0.39, 0.29) is 10.8 Å². The van der Waals surface area contributed by atoms with Crippen LogP contribution < -0.4 is 10.6 Å². The van der Waals surface area contributed by atoms with Crippen molar-refractivity contribution in [3.8, 4) is 0 Å². The molecule has 0 bridgehead atoms. The van der Waals surface area contributed by atoms with Crippen LogP contribution >= 0.6 is 11.8 Å². The Kier molecular flexibility index (Phi) is 5.48. The molecule has 1 aromatic rings. The number of rotatable bonds is 4. The van der Waals surface area contributed by atoms with Gasteiger partial charge in [-0.15, -0.1) is 18.3 Å². The van der Waals surface area contributed by atoms with E-state index in [9.17, 15) is 4.79 Å². The van der Waals surface area contributed by atoms with Gasteiger partial charge in [0.2, 0.25) is 0 Å². The van der Waals surface area contributed by atoms with Crippen molar-refractivity contribution < 1.29 is 4.79 Å². The first-order chi connectivity index (χ1) is 8.81. The molecule has 19 heavy (non-hydrogen) atoms. The lowest BCUT2D eigenvalue weighted by molar-refractivity contribution is 0.253. The van der Waals surface area contributed by atoms with Gasteiger partial charge in [-0.05, 0) is 30.7 Å². The Hall–Kier alpha value is -1.42. The molecular formula is C15H22N2OS. The van der Waals surface area contributed by atoms with Gasteiger partial charge in [-0.1, -0.05) is 26.8 Å². The normalized spacial score (nSPS) is 10.9. The summed E-state index contributed by atoms with van der Waals surface area (Å²) in [5.74, 6) is 0. The number of benzene rings is 1. The van der Waals surface area contributed by atoms with E-state index in [2.05, 4.69) is 44.1 Å². The predicted octanol–water partition coefficient (Wildman–Crippen LogP) is 4.19. The Morgan fingerprint density at radius 3 is 2.63 bits per heavy atom. The monoisotopic (exact) mass is 278 g/mol. The molecule has 4 heteroatoms. The third-order valence-electron chi connectivity index (χ3n) is 2.28. The summed E-state index contributed by atoms with van der Waals surface area (Å²) in [6, 6.07) is 5.86. The maximum absolute atomic E-state index is 11.6. The summed E-state index contributed by atoms with van der Waals surface area (Å²) in [6.07, 6.45) is 1.65. The topological polar surface area (TPSA) is 41.1 Å². The minimum Gasteiger partial charge on any atom is -0.334 e. The van der Waals surface area contributed by atoms with Gasteiger partial charge in [0, 0.05) is 21.9 Å². The average molecular weight is 278 g/mol. The minimum atomic E-state index is -0.209. The van der Waals surface area contributed by atoms with E-state index >= 15 is 0 Å². The molecule has 0 radical (unpaired) electrons. The molecule has 2 N–H and O–H groups in total. The van der Waals surface area contributed by atoms with Crippen LogP contribution in [-0.4, -0.2) is 17.3 Å². The maximum Gasteiger partial charge on any atom is 0.319 e. The van der Waals surface area contributed by atoms with E-state index in [1.165, 1.54) is 4.90 Å². The van der Waals surface area contributed by atoms with E-state index in [4.69, 9.17) is 0 Å². The lowest BCUT2D eigenvalue weighted by Crippen LogP contribution is -2.28. The Balaban J connectivity index is 2.72. The smallest absolute Gasteiger partial charge is 0.319 e. The fourth-order valence-corrected chi connectivity index (χ4v) is 2.60. The van der Waals surface area contributed by atoms with Gasteiger partial charge in [-0.25, -0.2) is 4.79 Å². The number of thioether (sulfide) groups is 1. The van der Waals surface area contributed by atoms with E-state index in [1.807, 2.05) is 30.8 Å². The number of urea groups is 1. The van der Waals surface area contributed by atoms with Crippen LogP contribution in [0.4, 0.5) is 10.5 Å². The SMILES string of the molecule is C=CCNC(=O)Nc1ccc(SC(C)(C)C)cc1C. The lowest BCUT2D eigenvalue weighted by Gasteiger charge is -2.18. The summed E-state index contributed by atoms with van der Waals surface area (Å²) in [5, 5.41) is 5.52. The van der Waals surface area contributed by atoms with Crippen molar-refractivity contribution in [2.75, 3.05) is 11.9 Å². The van der Waals surface area contributed by atoms with Gasteiger partial charge >= 0.3 is 6.03 Å². The molecular weight excluding hydrogens is 256 g/mol. The van der Waals surface area contributed by atoms with Crippen molar-refractivity contribution in [1.29, 1.82) is 0 Å². The molecule has 0 aliphatic heterocycles. The Bertz CT molecular complexity index is 464.